The van der Waals surface area contributed by atoms with E-state index in [0.717, 1.165) is 17.3 Å². The van der Waals surface area contributed by atoms with Gasteiger partial charge in [0.15, 0.2) is 0 Å². The first-order valence-electron chi connectivity index (χ1n) is 9.92. The second kappa shape index (κ2) is 6.13. The molecule has 3 aliphatic rings. The van der Waals surface area contributed by atoms with Gasteiger partial charge in [-0.3, -0.25) is 0 Å². The molecule has 0 saturated carbocycles. The van der Waals surface area contributed by atoms with E-state index >= 15 is 4.39 Å². The van der Waals surface area contributed by atoms with Gasteiger partial charge in [-0.15, -0.1) is 0 Å². The van der Waals surface area contributed by atoms with Gasteiger partial charge in [-0.25, -0.2) is 9.18 Å². The lowest BCUT2D eigenvalue weighted by atomic mass is 9.88. The minimum atomic E-state index is -2.32. The molecular weight excluding hydrogens is 357 g/mol. The normalized spacial score (nSPS) is 32.5. The monoisotopic (exact) mass is 382 g/mol. The zero-order valence-corrected chi connectivity index (χ0v) is 16.1. The predicted octanol–water partition coefficient (Wildman–Crippen LogP) is 3.20. The van der Waals surface area contributed by atoms with E-state index in [1.54, 1.807) is 48.5 Å². The number of esters is 1. The van der Waals surface area contributed by atoms with Crippen molar-refractivity contribution in [3.63, 3.8) is 0 Å². The van der Waals surface area contributed by atoms with Gasteiger partial charge in [0.1, 0.15) is 30.4 Å². The van der Waals surface area contributed by atoms with E-state index in [-0.39, 0.29) is 18.3 Å². The number of piperidine rings is 1. The Morgan fingerprint density at radius 3 is 1.89 bits per heavy atom. The maximum Gasteiger partial charge on any atom is 0.353 e. The molecule has 0 aromatic heterocycles. The highest BCUT2D eigenvalue weighted by Crippen LogP contribution is 2.52. The molecule has 5 heteroatoms. The number of halogens is 1. The fraction of sp³-hybridized carbons (Fsp3) is 0.435. The van der Waals surface area contributed by atoms with Crippen molar-refractivity contribution in [2.45, 2.75) is 48.9 Å². The average molecular weight is 382 g/mol. The summed E-state index contributed by atoms with van der Waals surface area (Å²) in [6.07, 6.45) is 1.70. The van der Waals surface area contributed by atoms with E-state index in [1.807, 2.05) is 12.1 Å². The summed E-state index contributed by atoms with van der Waals surface area (Å²) >= 11 is 0. The molecule has 4 unspecified atom stereocenters. The molecule has 3 heterocycles. The van der Waals surface area contributed by atoms with Crippen LogP contribution in [0.2, 0.25) is 0 Å². The maximum atomic E-state index is 16.3. The van der Waals surface area contributed by atoms with Crippen LogP contribution < -0.4 is 0 Å². The van der Waals surface area contributed by atoms with Crippen LogP contribution in [0, 0.1) is 0 Å². The van der Waals surface area contributed by atoms with Gasteiger partial charge in [-0.05, 0) is 0 Å². The fourth-order valence-corrected chi connectivity index (χ4v) is 5.27. The molecule has 28 heavy (non-hydrogen) atoms. The van der Waals surface area contributed by atoms with Crippen molar-refractivity contribution in [1.29, 1.82) is 0 Å². The molecule has 5 rings (SSSR count). The molecule has 0 N–H and O–H groups in total. The van der Waals surface area contributed by atoms with Gasteiger partial charge in [-0.1, -0.05) is 60.7 Å². The lowest BCUT2D eigenvalue weighted by molar-refractivity contribution is -0.938. The number of hydrogen-bond donors (Lipinski definition) is 0. The highest BCUT2D eigenvalue weighted by molar-refractivity contribution is 5.85. The first-order chi connectivity index (χ1) is 13.4. The molecule has 3 saturated heterocycles. The number of hydrogen-bond acceptors (Lipinski definition) is 3. The maximum absolute atomic E-state index is 16.3. The number of ether oxygens (including phenoxy) is 2. The van der Waals surface area contributed by atoms with Crippen LogP contribution in [0.5, 0.6) is 0 Å². The highest BCUT2D eigenvalue weighted by atomic mass is 19.1. The van der Waals surface area contributed by atoms with E-state index < -0.39 is 11.6 Å². The molecule has 2 aromatic carbocycles. The number of likely N-dealkylation sites (N-methyl/N-ethyl adjacent to an activating group) is 1. The van der Waals surface area contributed by atoms with Gasteiger partial charge in [0.05, 0.1) is 14.1 Å². The van der Waals surface area contributed by atoms with Crippen molar-refractivity contribution in [2.75, 3.05) is 14.1 Å². The van der Waals surface area contributed by atoms with Gasteiger partial charge in [0, 0.05) is 24.0 Å². The third kappa shape index (κ3) is 2.53. The molecule has 4 nitrogen and oxygen atoms in total. The number of morpholine rings is 1. The first kappa shape index (κ1) is 17.8. The average Bonchev–Trinajstić information content (AvgIpc) is 3.47. The standard InChI is InChI=1S/C23H25FNO3/c1-25(2)18-13-17(14-19(25)21-20(18)28-21)27-22(26)23(24,15-9-5-3-6-10-15)16-11-7-4-8-12-16/h3-12,17-21H,13-14H2,1-2H3/q+1/t17?,18?,19?,20-,21?/m0/s1. The van der Waals surface area contributed by atoms with Crippen LogP contribution in [0.25, 0.3) is 0 Å². The van der Waals surface area contributed by atoms with Crippen molar-refractivity contribution in [3.05, 3.63) is 71.8 Å². The van der Waals surface area contributed by atoms with Gasteiger partial charge in [0.25, 0.3) is 5.67 Å². The molecule has 3 aliphatic heterocycles. The zero-order valence-electron chi connectivity index (χ0n) is 16.1. The van der Waals surface area contributed by atoms with E-state index in [9.17, 15) is 4.79 Å². The number of alkyl halides is 1. The third-order valence-electron chi connectivity index (χ3n) is 6.94. The largest absolute Gasteiger partial charge is 0.459 e. The fourth-order valence-electron chi connectivity index (χ4n) is 5.27. The second-order valence-corrected chi connectivity index (χ2v) is 8.72. The van der Waals surface area contributed by atoms with Crippen molar-refractivity contribution in [3.8, 4) is 0 Å². The van der Waals surface area contributed by atoms with Crippen molar-refractivity contribution >= 4 is 5.97 Å². The number of quaternary nitrogens is 1. The Morgan fingerprint density at radius 2 is 1.43 bits per heavy atom. The zero-order chi connectivity index (χ0) is 19.5. The van der Waals surface area contributed by atoms with Crippen molar-refractivity contribution in [1.82, 2.24) is 0 Å². The smallest absolute Gasteiger partial charge is 0.353 e. The first-order valence-corrected chi connectivity index (χ1v) is 9.92. The van der Waals surface area contributed by atoms with Gasteiger partial charge in [-0.2, -0.15) is 0 Å². The van der Waals surface area contributed by atoms with Crippen LogP contribution in [0.1, 0.15) is 24.0 Å². The van der Waals surface area contributed by atoms with Crippen LogP contribution in [0.3, 0.4) is 0 Å². The molecule has 2 bridgehead atoms. The second-order valence-electron chi connectivity index (χ2n) is 8.72. The summed E-state index contributed by atoms with van der Waals surface area (Å²) in [6, 6.07) is 17.8. The summed E-state index contributed by atoms with van der Waals surface area (Å²) in [5, 5.41) is 0. The summed E-state index contributed by atoms with van der Waals surface area (Å²) in [5.41, 5.74) is -1.72. The van der Waals surface area contributed by atoms with E-state index in [1.165, 1.54) is 0 Å². The number of rotatable bonds is 4. The number of carbonyl (C=O) groups is 1. The lowest BCUT2D eigenvalue weighted by Crippen LogP contribution is -2.60. The van der Waals surface area contributed by atoms with Gasteiger partial charge < -0.3 is 14.0 Å². The van der Waals surface area contributed by atoms with Gasteiger partial charge in [0.2, 0.25) is 0 Å². The Balaban J connectivity index is 1.42. The van der Waals surface area contributed by atoms with Crippen LogP contribution in [-0.2, 0) is 19.9 Å². The van der Waals surface area contributed by atoms with E-state index in [4.69, 9.17) is 9.47 Å². The summed E-state index contributed by atoms with van der Waals surface area (Å²) in [4.78, 5) is 13.2. The number of epoxide rings is 1. The van der Waals surface area contributed by atoms with E-state index in [2.05, 4.69) is 14.1 Å². The van der Waals surface area contributed by atoms with Gasteiger partial charge >= 0.3 is 5.97 Å². The molecule has 5 atom stereocenters. The predicted molar refractivity (Wildman–Crippen MR) is 102 cm³/mol. The van der Waals surface area contributed by atoms with Crippen molar-refractivity contribution < 1.29 is 23.1 Å². The quantitative estimate of drug-likeness (QED) is 0.463. The molecule has 3 fully saturated rings. The highest BCUT2D eigenvalue weighted by Gasteiger charge is 2.71. The molecule has 0 amide bonds. The minimum absolute atomic E-state index is 0.266. The van der Waals surface area contributed by atoms with Crippen molar-refractivity contribution in [2.24, 2.45) is 0 Å². The van der Waals surface area contributed by atoms with Crippen LogP contribution in [-0.4, -0.2) is 54.9 Å². The molecule has 146 valence electrons. The number of fused-ring (bicyclic) bond motifs is 5. The Hall–Kier alpha value is -2.24. The molecular formula is C23H25FNO3+. The number of carbonyl (C=O) groups excluding carboxylic acids is 1. The molecule has 0 radical (unpaired) electrons. The topological polar surface area (TPSA) is 38.8 Å². The summed E-state index contributed by atoms with van der Waals surface area (Å²) in [7, 11) is 4.44. The molecule has 0 spiro atoms. The van der Waals surface area contributed by atoms with Crippen LogP contribution in [0.4, 0.5) is 4.39 Å². The molecule has 0 aliphatic carbocycles. The Kier molecular flexibility index (Phi) is 3.90. The Labute approximate surface area is 164 Å². The summed E-state index contributed by atoms with van der Waals surface area (Å²) < 4.78 is 28.9. The third-order valence-corrected chi connectivity index (χ3v) is 6.94. The van der Waals surface area contributed by atoms with Crippen LogP contribution >= 0.6 is 0 Å². The SMILES string of the molecule is C[N+]1(C)C2CC(OC(=O)C(F)(c3ccccc3)c3ccccc3)CC1[C@@H]1OC21. The Morgan fingerprint density at radius 1 is 0.964 bits per heavy atom. The summed E-state index contributed by atoms with van der Waals surface area (Å²) in [5.74, 6) is -0.823. The summed E-state index contributed by atoms with van der Waals surface area (Å²) in [6.45, 7) is 0. The van der Waals surface area contributed by atoms with Crippen LogP contribution in [0.15, 0.2) is 60.7 Å². The molecule has 2 aromatic rings. The Bertz CT molecular complexity index is 826. The number of benzene rings is 2. The number of nitrogens with zero attached hydrogens (tertiary/aromatic N) is 1. The minimum Gasteiger partial charge on any atom is -0.459 e. The van der Waals surface area contributed by atoms with E-state index in [0.29, 0.717) is 23.2 Å². The lowest BCUT2D eigenvalue weighted by Gasteiger charge is -2.45.